The molecule has 1 aromatic rings. The first-order valence-corrected chi connectivity index (χ1v) is 6.44. The maximum atomic E-state index is 11.8. The Balaban J connectivity index is 2.21. The van der Waals surface area contributed by atoms with Crippen LogP contribution in [-0.4, -0.2) is 51.1 Å². The minimum Gasteiger partial charge on any atom is -0.368 e. The molecule has 4 nitrogen and oxygen atoms in total. The minimum absolute atomic E-state index is 0.0243. The Labute approximate surface area is 113 Å². The molecule has 0 unspecified atom stereocenters. The molecule has 1 saturated heterocycles. The molecule has 1 amide bonds. The number of halogens is 1. The van der Waals surface area contributed by atoms with E-state index in [1.54, 1.807) is 25.1 Å². The summed E-state index contributed by atoms with van der Waals surface area (Å²) in [5.41, 5.74) is 1.64. The number of amides is 1. The topological polar surface area (TPSA) is 35.6 Å². The van der Waals surface area contributed by atoms with Crippen molar-refractivity contribution in [3.8, 4) is 0 Å². The summed E-state index contributed by atoms with van der Waals surface area (Å²) in [5, 5.41) is 3.95. The lowest BCUT2D eigenvalue weighted by Gasteiger charge is -2.30. The molecule has 1 N–H and O–H groups in total. The van der Waals surface area contributed by atoms with Crippen LogP contribution in [0.2, 0.25) is 5.02 Å². The monoisotopic (exact) mass is 267 g/mol. The molecule has 0 aliphatic carbocycles. The zero-order valence-electron chi connectivity index (χ0n) is 10.7. The molecule has 1 aliphatic rings. The van der Waals surface area contributed by atoms with Crippen molar-refractivity contribution < 1.29 is 4.79 Å². The second-order valence-electron chi connectivity index (χ2n) is 4.60. The summed E-state index contributed by atoms with van der Waals surface area (Å²) in [6.45, 7) is 3.82. The molecule has 1 aromatic carbocycles. The molecular weight excluding hydrogens is 250 g/mol. The lowest BCUT2D eigenvalue weighted by molar-refractivity contribution is 0.0827. The number of nitrogens with zero attached hydrogens (tertiary/aromatic N) is 2. The van der Waals surface area contributed by atoms with Gasteiger partial charge in [0.15, 0.2) is 0 Å². The molecule has 0 atom stereocenters. The Morgan fingerprint density at radius 2 is 2.00 bits per heavy atom. The van der Waals surface area contributed by atoms with Crippen LogP contribution in [0.25, 0.3) is 0 Å². The highest BCUT2D eigenvalue weighted by atomic mass is 35.5. The van der Waals surface area contributed by atoms with Gasteiger partial charge in [0, 0.05) is 45.8 Å². The summed E-state index contributed by atoms with van der Waals surface area (Å²) in [5.74, 6) is -0.0243. The van der Waals surface area contributed by atoms with Gasteiger partial charge in [-0.1, -0.05) is 11.6 Å². The van der Waals surface area contributed by atoms with Crippen LogP contribution in [0, 0.1) is 0 Å². The molecule has 0 aromatic heterocycles. The van der Waals surface area contributed by atoms with E-state index >= 15 is 0 Å². The average Bonchev–Trinajstić information content (AvgIpc) is 2.38. The van der Waals surface area contributed by atoms with Crippen molar-refractivity contribution in [3.63, 3.8) is 0 Å². The lowest BCUT2D eigenvalue weighted by Crippen LogP contribution is -2.43. The number of nitrogens with one attached hydrogen (secondary N) is 1. The van der Waals surface area contributed by atoms with Gasteiger partial charge < -0.3 is 15.1 Å². The number of hydrogen-bond donors (Lipinski definition) is 1. The Bertz CT molecular complexity index is 442. The van der Waals surface area contributed by atoms with Gasteiger partial charge in [-0.3, -0.25) is 4.79 Å². The first-order chi connectivity index (χ1) is 8.59. The van der Waals surface area contributed by atoms with Gasteiger partial charge in [-0.05, 0) is 18.2 Å². The summed E-state index contributed by atoms with van der Waals surface area (Å²) in [6, 6.07) is 5.53. The van der Waals surface area contributed by atoms with Crippen LogP contribution in [0.5, 0.6) is 0 Å². The van der Waals surface area contributed by atoms with Gasteiger partial charge in [-0.25, -0.2) is 0 Å². The highest BCUT2D eigenvalue weighted by molar-refractivity contribution is 6.33. The molecule has 5 heteroatoms. The fourth-order valence-electron chi connectivity index (χ4n) is 2.06. The van der Waals surface area contributed by atoms with Crippen LogP contribution < -0.4 is 10.2 Å². The van der Waals surface area contributed by atoms with Crippen molar-refractivity contribution in [1.29, 1.82) is 0 Å². The van der Waals surface area contributed by atoms with E-state index in [1.807, 2.05) is 12.1 Å². The molecule has 18 heavy (non-hydrogen) atoms. The van der Waals surface area contributed by atoms with Crippen LogP contribution in [0.4, 0.5) is 5.69 Å². The van der Waals surface area contributed by atoms with Gasteiger partial charge in [-0.2, -0.15) is 0 Å². The van der Waals surface area contributed by atoms with Crippen LogP contribution in [-0.2, 0) is 0 Å². The number of anilines is 1. The lowest BCUT2D eigenvalue weighted by atomic mass is 10.1. The van der Waals surface area contributed by atoms with Crippen molar-refractivity contribution in [2.45, 2.75) is 0 Å². The molecule has 0 saturated carbocycles. The van der Waals surface area contributed by atoms with Gasteiger partial charge in [0.2, 0.25) is 0 Å². The van der Waals surface area contributed by atoms with Gasteiger partial charge in [0.1, 0.15) is 0 Å². The van der Waals surface area contributed by atoms with Crippen molar-refractivity contribution in [1.82, 2.24) is 10.2 Å². The van der Waals surface area contributed by atoms with E-state index in [0.717, 1.165) is 31.9 Å². The van der Waals surface area contributed by atoms with E-state index in [1.165, 1.54) is 0 Å². The van der Waals surface area contributed by atoms with Crippen molar-refractivity contribution in [2.24, 2.45) is 0 Å². The highest BCUT2D eigenvalue weighted by Gasteiger charge is 2.15. The first kappa shape index (κ1) is 13.2. The number of hydrogen-bond acceptors (Lipinski definition) is 3. The summed E-state index contributed by atoms with van der Waals surface area (Å²) >= 11 is 6.28. The number of rotatable bonds is 2. The quantitative estimate of drug-likeness (QED) is 0.881. The fourth-order valence-corrected chi connectivity index (χ4v) is 2.36. The Morgan fingerprint density at radius 3 is 2.56 bits per heavy atom. The smallest absolute Gasteiger partial charge is 0.253 e. The molecule has 1 aliphatic heterocycles. The molecule has 0 bridgehead atoms. The molecule has 1 heterocycles. The minimum atomic E-state index is -0.0243. The third-order valence-electron chi connectivity index (χ3n) is 3.06. The molecule has 0 radical (unpaired) electrons. The van der Waals surface area contributed by atoms with E-state index in [9.17, 15) is 4.79 Å². The maximum Gasteiger partial charge on any atom is 0.253 e. The summed E-state index contributed by atoms with van der Waals surface area (Å²) in [4.78, 5) is 15.6. The Morgan fingerprint density at radius 1 is 1.33 bits per heavy atom. The molecule has 2 rings (SSSR count). The fraction of sp³-hybridized carbons (Fsp3) is 0.462. The third kappa shape index (κ3) is 2.76. The molecule has 98 valence electrons. The predicted molar refractivity (Wildman–Crippen MR) is 74.6 cm³/mol. The molecule has 0 spiro atoms. The van der Waals surface area contributed by atoms with Gasteiger partial charge in [0.25, 0.3) is 5.91 Å². The van der Waals surface area contributed by atoms with E-state index in [-0.39, 0.29) is 5.91 Å². The summed E-state index contributed by atoms with van der Waals surface area (Å²) in [7, 11) is 3.47. The van der Waals surface area contributed by atoms with E-state index < -0.39 is 0 Å². The maximum absolute atomic E-state index is 11.8. The standard InChI is InChI=1S/C13H18ClN3O/c1-16(2)13(18)10-3-4-12(11(14)9-10)17-7-5-15-6-8-17/h3-4,9,15H,5-8H2,1-2H3. The first-order valence-electron chi connectivity index (χ1n) is 6.06. The zero-order chi connectivity index (χ0) is 13.1. The number of carbonyl (C=O) groups excluding carboxylic acids is 1. The second-order valence-corrected chi connectivity index (χ2v) is 5.01. The van der Waals surface area contributed by atoms with Crippen molar-refractivity contribution in [2.75, 3.05) is 45.2 Å². The second kappa shape index (κ2) is 5.59. The zero-order valence-corrected chi connectivity index (χ0v) is 11.5. The van der Waals surface area contributed by atoms with Crippen LogP contribution in [0.1, 0.15) is 10.4 Å². The number of piperazine rings is 1. The van der Waals surface area contributed by atoms with Crippen molar-refractivity contribution >= 4 is 23.2 Å². The average molecular weight is 268 g/mol. The van der Waals surface area contributed by atoms with E-state index in [0.29, 0.717) is 10.6 Å². The van der Waals surface area contributed by atoms with Gasteiger partial charge in [0.05, 0.1) is 10.7 Å². The number of carbonyl (C=O) groups is 1. The largest absolute Gasteiger partial charge is 0.368 e. The van der Waals surface area contributed by atoms with Gasteiger partial charge >= 0.3 is 0 Å². The highest BCUT2D eigenvalue weighted by Crippen LogP contribution is 2.27. The van der Waals surface area contributed by atoms with Crippen molar-refractivity contribution in [3.05, 3.63) is 28.8 Å². The van der Waals surface area contributed by atoms with Crippen LogP contribution in [0.3, 0.4) is 0 Å². The molecule has 1 fully saturated rings. The Kier molecular flexibility index (Phi) is 4.09. The summed E-state index contributed by atoms with van der Waals surface area (Å²) < 4.78 is 0. The number of benzene rings is 1. The summed E-state index contributed by atoms with van der Waals surface area (Å²) in [6.07, 6.45) is 0. The normalized spacial score (nSPS) is 15.6. The van der Waals surface area contributed by atoms with Crippen LogP contribution >= 0.6 is 11.6 Å². The van der Waals surface area contributed by atoms with E-state index in [2.05, 4.69) is 10.2 Å². The van der Waals surface area contributed by atoms with Crippen LogP contribution in [0.15, 0.2) is 18.2 Å². The third-order valence-corrected chi connectivity index (χ3v) is 3.36. The predicted octanol–water partition coefficient (Wildman–Crippen LogP) is 1.45. The SMILES string of the molecule is CN(C)C(=O)c1ccc(N2CCNCC2)c(Cl)c1. The van der Waals surface area contributed by atoms with Gasteiger partial charge in [-0.15, -0.1) is 0 Å². The molecular formula is C13H18ClN3O. The van der Waals surface area contributed by atoms with E-state index in [4.69, 9.17) is 11.6 Å². The Hall–Kier alpha value is -1.26.